The summed E-state index contributed by atoms with van der Waals surface area (Å²) in [5, 5.41) is 9.30. The Morgan fingerprint density at radius 2 is 2.00 bits per heavy atom. The summed E-state index contributed by atoms with van der Waals surface area (Å²) in [6, 6.07) is 5.66. The van der Waals surface area contributed by atoms with Crippen LogP contribution in [0.1, 0.15) is 22.6 Å². The van der Waals surface area contributed by atoms with E-state index in [1.54, 1.807) is 13.0 Å². The minimum atomic E-state index is -3.85. The molecule has 0 spiro atoms. The number of halogens is 1. The summed E-state index contributed by atoms with van der Waals surface area (Å²) in [5.41, 5.74) is 0.737. The van der Waals surface area contributed by atoms with Crippen LogP contribution in [-0.2, 0) is 23.2 Å². The van der Waals surface area contributed by atoms with Gasteiger partial charge in [0.2, 0.25) is 10.0 Å². The van der Waals surface area contributed by atoms with E-state index in [-0.39, 0.29) is 22.8 Å². The third kappa shape index (κ3) is 3.31. The highest BCUT2D eigenvalue weighted by molar-refractivity contribution is 7.89. The zero-order chi connectivity index (χ0) is 15.6. The van der Waals surface area contributed by atoms with Crippen LogP contribution in [-0.4, -0.2) is 13.5 Å². The molecule has 0 fully saturated rings. The van der Waals surface area contributed by atoms with Crippen LogP contribution in [0.2, 0.25) is 0 Å². The standard InChI is InChI=1S/C14H16FNO4S/c1-9-13(8-17)14(10(2)20-9)21(18,19)16-7-11-4-3-5-12(15)6-11/h3-6,16-17H,7-8H2,1-2H3. The summed E-state index contributed by atoms with van der Waals surface area (Å²) in [6.07, 6.45) is 0. The highest BCUT2D eigenvalue weighted by atomic mass is 32.2. The number of sulfonamides is 1. The van der Waals surface area contributed by atoms with Crippen molar-refractivity contribution in [3.05, 3.63) is 52.7 Å². The largest absolute Gasteiger partial charge is 0.465 e. The Morgan fingerprint density at radius 3 is 2.62 bits per heavy atom. The number of nitrogens with one attached hydrogen (secondary N) is 1. The Hall–Kier alpha value is -1.70. The molecule has 5 nitrogen and oxygen atoms in total. The van der Waals surface area contributed by atoms with Crippen molar-refractivity contribution in [2.24, 2.45) is 0 Å². The lowest BCUT2D eigenvalue weighted by Gasteiger charge is -2.08. The molecule has 2 N–H and O–H groups in total. The fourth-order valence-corrected chi connectivity index (χ4v) is 3.60. The van der Waals surface area contributed by atoms with E-state index < -0.39 is 22.4 Å². The van der Waals surface area contributed by atoms with Gasteiger partial charge < -0.3 is 9.52 Å². The van der Waals surface area contributed by atoms with Crippen LogP contribution >= 0.6 is 0 Å². The quantitative estimate of drug-likeness (QED) is 0.885. The van der Waals surface area contributed by atoms with Gasteiger partial charge in [0.25, 0.3) is 0 Å². The summed E-state index contributed by atoms with van der Waals surface area (Å²) < 4.78 is 45.4. The molecule has 0 bridgehead atoms. The normalized spacial score (nSPS) is 11.8. The number of benzene rings is 1. The van der Waals surface area contributed by atoms with E-state index in [0.29, 0.717) is 11.3 Å². The van der Waals surface area contributed by atoms with Gasteiger partial charge in [0.1, 0.15) is 22.2 Å². The van der Waals surface area contributed by atoms with Crippen molar-refractivity contribution in [1.29, 1.82) is 0 Å². The van der Waals surface area contributed by atoms with Crippen molar-refractivity contribution in [1.82, 2.24) is 4.72 Å². The molecule has 7 heteroatoms. The second-order valence-electron chi connectivity index (χ2n) is 4.63. The molecule has 114 valence electrons. The number of aliphatic hydroxyl groups excluding tert-OH is 1. The molecular weight excluding hydrogens is 297 g/mol. The average molecular weight is 313 g/mol. The van der Waals surface area contributed by atoms with Crippen LogP contribution in [0.15, 0.2) is 33.6 Å². The van der Waals surface area contributed by atoms with Gasteiger partial charge >= 0.3 is 0 Å². The van der Waals surface area contributed by atoms with Crippen LogP contribution in [0, 0.1) is 19.7 Å². The monoisotopic (exact) mass is 313 g/mol. The fourth-order valence-electron chi connectivity index (χ4n) is 2.14. The molecule has 1 heterocycles. The maximum atomic E-state index is 13.1. The lowest BCUT2D eigenvalue weighted by molar-refractivity contribution is 0.276. The van der Waals surface area contributed by atoms with Crippen LogP contribution in [0.4, 0.5) is 4.39 Å². The molecule has 0 atom stereocenters. The molecule has 0 saturated carbocycles. The number of hydrogen-bond acceptors (Lipinski definition) is 4. The van der Waals surface area contributed by atoms with Gasteiger partial charge in [-0.05, 0) is 31.5 Å². The van der Waals surface area contributed by atoms with Crippen molar-refractivity contribution < 1.29 is 22.3 Å². The molecule has 1 aromatic carbocycles. The second-order valence-corrected chi connectivity index (χ2v) is 6.34. The van der Waals surface area contributed by atoms with Gasteiger partial charge in [-0.15, -0.1) is 0 Å². The maximum Gasteiger partial charge on any atom is 0.244 e. The van der Waals surface area contributed by atoms with Crippen LogP contribution in [0.5, 0.6) is 0 Å². The average Bonchev–Trinajstić information content (AvgIpc) is 2.71. The third-order valence-corrected chi connectivity index (χ3v) is 4.70. The SMILES string of the molecule is Cc1oc(C)c(S(=O)(=O)NCc2cccc(F)c2)c1CO. The first kappa shape index (κ1) is 15.7. The molecule has 0 amide bonds. The highest BCUT2D eigenvalue weighted by Gasteiger charge is 2.26. The summed E-state index contributed by atoms with van der Waals surface area (Å²) >= 11 is 0. The highest BCUT2D eigenvalue weighted by Crippen LogP contribution is 2.26. The molecule has 0 aliphatic rings. The van der Waals surface area contributed by atoms with Crippen molar-refractivity contribution in [3.8, 4) is 0 Å². The number of aliphatic hydroxyl groups is 1. The number of aryl methyl sites for hydroxylation is 2. The van der Waals surface area contributed by atoms with Gasteiger partial charge in [-0.3, -0.25) is 0 Å². The van der Waals surface area contributed by atoms with E-state index >= 15 is 0 Å². The van der Waals surface area contributed by atoms with E-state index in [1.165, 1.54) is 25.1 Å². The summed E-state index contributed by atoms with van der Waals surface area (Å²) in [4.78, 5) is -0.0566. The predicted molar refractivity (Wildman–Crippen MR) is 74.5 cm³/mol. The topological polar surface area (TPSA) is 79.5 Å². The molecule has 2 aromatic rings. The molecule has 0 unspecified atom stereocenters. The molecule has 1 aromatic heterocycles. The molecular formula is C14H16FNO4S. The Labute approximate surface area is 122 Å². The van der Waals surface area contributed by atoms with E-state index in [1.807, 2.05) is 0 Å². The zero-order valence-electron chi connectivity index (χ0n) is 11.7. The first-order valence-corrected chi connectivity index (χ1v) is 7.77. The van der Waals surface area contributed by atoms with Crippen molar-refractivity contribution >= 4 is 10.0 Å². The minimum Gasteiger partial charge on any atom is -0.465 e. The van der Waals surface area contributed by atoms with Gasteiger partial charge in [0, 0.05) is 12.1 Å². The van der Waals surface area contributed by atoms with Crippen molar-refractivity contribution in [2.75, 3.05) is 0 Å². The third-order valence-electron chi connectivity index (χ3n) is 3.11. The molecule has 0 radical (unpaired) electrons. The lowest BCUT2D eigenvalue weighted by atomic mass is 10.2. The van der Waals surface area contributed by atoms with Gasteiger partial charge in [-0.2, -0.15) is 0 Å². The molecule has 2 rings (SSSR count). The van der Waals surface area contributed by atoms with E-state index in [0.717, 1.165) is 0 Å². The summed E-state index contributed by atoms with van der Waals surface area (Å²) in [7, 11) is -3.85. The molecule has 0 aliphatic carbocycles. The maximum absolute atomic E-state index is 13.1. The van der Waals surface area contributed by atoms with Crippen molar-refractivity contribution in [2.45, 2.75) is 31.9 Å². The zero-order valence-corrected chi connectivity index (χ0v) is 12.5. The first-order valence-electron chi connectivity index (χ1n) is 6.29. The van der Waals surface area contributed by atoms with Gasteiger partial charge in [0.05, 0.1) is 6.61 Å². The second kappa shape index (κ2) is 5.97. The molecule has 21 heavy (non-hydrogen) atoms. The summed E-state index contributed by atoms with van der Waals surface area (Å²) in [6.45, 7) is 2.63. The van der Waals surface area contributed by atoms with Crippen molar-refractivity contribution in [3.63, 3.8) is 0 Å². The van der Waals surface area contributed by atoms with Crippen LogP contribution < -0.4 is 4.72 Å². The number of rotatable bonds is 5. The van der Waals surface area contributed by atoms with E-state index in [2.05, 4.69) is 4.72 Å². The van der Waals surface area contributed by atoms with Gasteiger partial charge in [-0.1, -0.05) is 12.1 Å². The predicted octanol–water partition coefficient (Wildman–Crippen LogP) is 2.01. The Kier molecular flexibility index (Phi) is 4.46. The van der Waals surface area contributed by atoms with Crippen LogP contribution in [0.25, 0.3) is 0 Å². The molecule has 0 aliphatic heterocycles. The van der Waals surface area contributed by atoms with Gasteiger partial charge in [0.15, 0.2) is 0 Å². The van der Waals surface area contributed by atoms with E-state index in [9.17, 15) is 17.9 Å². The summed E-state index contributed by atoms with van der Waals surface area (Å²) in [5.74, 6) is 0.141. The number of hydrogen-bond donors (Lipinski definition) is 2. The Morgan fingerprint density at radius 1 is 1.29 bits per heavy atom. The van der Waals surface area contributed by atoms with Crippen LogP contribution in [0.3, 0.4) is 0 Å². The first-order chi connectivity index (χ1) is 9.85. The molecule has 0 saturated heterocycles. The minimum absolute atomic E-state index is 0.0470. The van der Waals surface area contributed by atoms with E-state index in [4.69, 9.17) is 4.42 Å². The lowest BCUT2D eigenvalue weighted by Crippen LogP contribution is -2.24. The fraction of sp³-hybridized carbons (Fsp3) is 0.286. The number of furan rings is 1. The smallest absolute Gasteiger partial charge is 0.244 e. The Balaban J connectivity index is 2.27. The Bertz CT molecular complexity index is 752. The van der Waals surface area contributed by atoms with Gasteiger partial charge in [-0.25, -0.2) is 17.5 Å².